The zero-order valence-electron chi connectivity index (χ0n) is 12.6. The van der Waals surface area contributed by atoms with Gasteiger partial charge in [-0.1, -0.05) is 30.3 Å². The molecule has 0 saturated heterocycles. The van der Waals surface area contributed by atoms with E-state index in [1.165, 1.54) is 26.4 Å². The monoisotopic (exact) mass is 314 g/mol. The fraction of sp³-hybridized carbons (Fsp3) is 0.118. The molecule has 0 amide bonds. The number of hydrogen-bond acceptors (Lipinski definition) is 6. The topological polar surface area (TPSA) is 67.1 Å². The molecule has 0 saturated carbocycles. The molecule has 0 aliphatic carbocycles. The maximum atomic E-state index is 12.5. The van der Waals surface area contributed by atoms with Gasteiger partial charge in [0.2, 0.25) is 0 Å². The zero-order valence-corrected chi connectivity index (χ0v) is 12.6. The number of hydrogen-bond donors (Lipinski definition) is 0. The number of rotatable bonds is 5. The first kappa shape index (κ1) is 15.1. The van der Waals surface area contributed by atoms with Gasteiger partial charge in [0.05, 0.1) is 14.2 Å². The van der Waals surface area contributed by atoms with Crippen molar-refractivity contribution >= 4 is 11.0 Å². The third-order valence-electron chi connectivity index (χ3n) is 3.18. The lowest BCUT2D eigenvalue weighted by molar-refractivity contribution is -0.183. The lowest BCUT2D eigenvalue weighted by atomic mass is 10.1. The Morgan fingerprint density at radius 2 is 1.65 bits per heavy atom. The summed E-state index contributed by atoms with van der Waals surface area (Å²) in [5.74, 6) is 0.951. The molecular weight excluding hydrogens is 300 g/mol. The minimum atomic E-state index is -0.249. The second-order valence-electron chi connectivity index (χ2n) is 4.64. The lowest BCUT2D eigenvalue weighted by Crippen LogP contribution is -2.04. The molecule has 2 aromatic carbocycles. The summed E-state index contributed by atoms with van der Waals surface area (Å²) in [4.78, 5) is 31.8. The molecule has 0 aliphatic heterocycles. The molecule has 0 spiro atoms. The van der Waals surface area contributed by atoms with Crippen LogP contribution < -0.4 is 15.2 Å². The molecule has 0 atom stereocenters. The van der Waals surface area contributed by atoms with Crippen molar-refractivity contribution in [2.75, 3.05) is 14.2 Å². The Kier molecular flexibility index (Phi) is 4.27. The molecule has 0 fully saturated rings. The van der Waals surface area contributed by atoms with Crippen molar-refractivity contribution in [3.05, 3.63) is 58.8 Å². The van der Waals surface area contributed by atoms with Crippen LogP contribution in [0.2, 0.25) is 0 Å². The van der Waals surface area contributed by atoms with Crippen LogP contribution in [0, 0.1) is 0 Å². The highest BCUT2D eigenvalue weighted by Gasteiger charge is 2.15. The van der Waals surface area contributed by atoms with Gasteiger partial charge in [0.15, 0.2) is 16.9 Å². The summed E-state index contributed by atoms with van der Waals surface area (Å²) in [6, 6.07) is 13.8. The van der Waals surface area contributed by atoms with Crippen molar-refractivity contribution in [1.82, 2.24) is 0 Å². The molecule has 0 N–H and O–H groups in total. The quantitative estimate of drug-likeness (QED) is 0.531. The van der Waals surface area contributed by atoms with Crippen LogP contribution in [0.25, 0.3) is 22.3 Å². The van der Waals surface area contributed by atoms with Gasteiger partial charge in [-0.3, -0.25) is 4.79 Å². The molecule has 6 heteroatoms. The predicted octanol–water partition coefficient (Wildman–Crippen LogP) is 3.34. The van der Waals surface area contributed by atoms with E-state index in [2.05, 4.69) is 9.78 Å². The Morgan fingerprint density at radius 3 is 2.35 bits per heavy atom. The molecule has 0 unspecified atom stereocenters. The van der Waals surface area contributed by atoms with E-state index in [-0.39, 0.29) is 16.6 Å². The molecule has 0 aliphatic rings. The normalized spacial score (nSPS) is 10.7. The van der Waals surface area contributed by atoms with E-state index in [1.807, 2.05) is 30.3 Å². The number of benzene rings is 2. The minimum absolute atomic E-state index is 0.186. The molecule has 23 heavy (non-hydrogen) atoms. The van der Waals surface area contributed by atoms with Crippen molar-refractivity contribution in [2.24, 2.45) is 0 Å². The van der Waals surface area contributed by atoms with Gasteiger partial charge in [0.25, 0.3) is 0 Å². The van der Waals surface area contributed by atoms with Crippen LogP contribution in [0.15, 0.2) is 57.7 Å². The van der Waals surface area contributed by atoms with Gasteiger partial charge in [-0.05, 0) is 0 Å². The molecule has 3 aromatic rings. The summed E-state index contributed by atoms with van der Waals surface area (Å²) in [6.07, 6.45) is 0. The van der Waals surface area contributed by atoms with Gasteiger partial charge >= 0.3 is 0 Å². The van der Waals surface area contributed by atoms with Crippen molar-refractivity contribution in [2.45, 2.75) is 0 Å². The van der Waals surface area contributed by atoms with Gasteiger partial charge in [0.1, 0.15) is 16.7 Å². The Morgan fingerprint density at radius 1 is 0.913 bits per heavy atom. The standard InChI is InChI=1S/C17H14O6/c1-19-22-12-8-15-17(16(9-12)23-20-2)13(18)10-14(21-15)11-6-4-3-5-7-11/h3-10H,1-2H3. The molecule has 118 valence electrons. The summed E-state index contributed by atoms with van der Waals surface area (Å²) < 4.78 is 5.83. The van der Waals surface area contributed by atoms with E-state index < -0.39 is 0 Å². The largest absolute Gasteiger partial charge is 0.456 e. The van der Waals surface area contributed by atoms with Crippen LogP contribution in [0.1, 0.15) is 0 Å². The third-order valence-corrected chi connectivity index (χ3v) is 3.18. The van der Waals surface area contributed by atoms with Gasteiger partial charge in [-0.15, -0.1) is 0 Å². The van der Waals surface area contributed by atoms with Crippen LogP contribution in [0.3, 0.4) is 0 Å². The Labute approximate surface area is 131 Å². The summed E-state index contributed by atoms with van der Waals surface area (Å²) in [6.45, 7) is 0. The second kappa shape index (κ2) is 6.51. The first-order chi connectivity index (χ1) is 11.2. The summed E-state index contributed by atoms with van der Waals surface area (Å²) in [7, 11) is 2.72. The highest BCUT2D eigenvalue weighted by atomic mass is 17.2. The van der Waals surface area contributed by atoms with Crippen LogP contribution >= 0.6 is 0 Å². The van der Waals surface area contributed by atoms with Crippen LogP contribution in [-0.4, -0.2) is 14.2 Å². The fourth-order valence-corrected chi connectivity index (χ4v) is 2.27. The molecule has 0 radical (unpaired) electrons. The first-order valence-corrected chi connectivity index (χ1v) is 6.81. The summed E-state index contributed by atoms with van der Waals surface area (Å²) in [5.41, 5.74) is 0.845. The predicted molar refractivity (Wildman–Crippen MR) is 83.2 cm³/mol. The van der Waals surface area contributed by atoms with E-state index >= 15 is 0 Å². The Bertz CT molecular complexity index is 869. The van der Waals surface area contributed by atoms with Gasteiger partial charge in [-0.2, -0.15) is 9.78 Å². The summed E-state index contributed by atoms with van der Waals surface area (Å²) in [5, 5.41) is 0.259. The Hall–Kier alpha value is -2.83. The van der Waals surface area contributed by atoms with Crippen molar-refractivity contribution in [3.8, 4) is 22.8 Å². The van der Waals surface area contributed by atoms with Crippen molar-refractivity contribution in [1.29, 1.82) is 0 Å². The molecular formula is C17H14O6. The van der Waals surface area contributed by atoms with Crippen LogP contribution in [0.5, 0.6) is 11.5 Å². The van der Waals surface area contributed by atoms with Crippen molar-refractivity contribution < 1.29 is 24.0 Å². The molecule has 1 heterocycles. The van der Waals surface area contributed by atoms with E-state index in [1.54, 1.807) is 6.07 Å². The zero-order chi connectivity index (χ0) is 16.2. The number of fused-ring (bicyclic) bond motifs is 1. The van der Waals surface area contributed by atoms with E-state index in [9.17, 15) is 4.79 Å². The van der Waals surface area contributed by atoms with Gasteiger partial charge in [0, 0.05) is 23.8 Å². The van der Waals surface area contributed by atoms with E-state index in [0.29, 0.717) is 17.1 Å². The first-order valence-electron chi connectivity index (χ1n) is 6.81. The third kappa shape index (κ3) is 3.03. The lowest BCUT2D eigenvalue weighted by Gasteiger charge is -2.09. The van der Waals surface area contributed by atoms with E-state index in [0.717, 1.165) is 5.56 Å². The molecule has 3 rings (SSSR count). The van der Waals surface area contributed by atoms with Crippen LogP contribution in [0.4, 0.5) is 0 Å². The highest BCUT2D eigenvalue weighted by Crippen LogP contribution is 2.32. The maximum absolute atomic E-state index is 12.5. The van der Waals surface area contributed by atoms with Crippen LogP contribution in [-0.2, 0) is 9.78 Å². The molecule has 0 bridgehead atoms. The van der Waals surface area contributed by atoms with Gasteiger partial charge < -0.3 is 14.2 Å². The average Bonchev–Trinajstić information content (AvgIpc) is 2.55. The minimum Gasteiger partial charge on any atom is -0.456 e. The molecule has 1 aromatic heterocycles. The second-order valence-corrected chi connectivity index (χ2v) is 4.64. The average molecular weight is 314 g/mol. The van der Waals surface area contributed by atoms with Crippen molar-refractivity contribution in [3.63, 3.8) is 0 Å². The Balaban J connectivity index is 2.24. The molecule has 6 nitrogen and oxygen atoms in total. The van der Waals surface area contributed by atoms with E-state index in [4.69, 9.17) is 14.2 Å². The smallest absolute Gasteiger partial charge is 0.197 e. The SMILES string of the molecule is COOc1cc(OOC)c2c(=O)cc(-c3ccccc3)oc2c1. The van der Waals surface area contributed by atoms with Gasteiger partial charge in [-0.25, -0.2) is 0 Å². The maximum Gasteiger partial charge on any atom is 0.197 e. The fourth-order valence-electron chi connectivity index (χ4n) is 2.27. The highest BCUT2D eigenvalue weighted by molar-refractivity contribution is 5.86. The summed E-state index contributed by atoms with van der Waals surface area (Å²) >= 11 is 0.